The molecule has 12 heavy (non-hydrogen) atoms. The van der Waals surface area contributed by atoms with Crippen molar-refractivity contribution >= 4 is 11.8 Å². The SMILES string of the molecule is CNC(CSC(C)C)C1CCC1. The Balaban J connectivity index is 2.15. The molecule has 0 aliphatic heterocycles. The van der Waals surface area contributed by atoms with Crippen LogP contribution in [0.25, 0.3) is 0 Å². The number of thioether (sulfide) groups is 1. The van der Waals surface area contributed by atoms with Gasteiger partial charge in [-0.15, -0.1) is 0 Å². The van der Waals surface area contributed by atoms with E-state index in [9.17, 15) is 0 Å². The molecule has 0 heterocycles. The monoisotopic (exact) mass is 187 g/mol. The van der Waals surface area contributed by atoms with Gasteiger partial charge in [-0.1, -0.05) is 20.3 Å². The molecule has 0 amide bonds. The van der Waals surface area contributed by atoms with Crippen LogP contribution in [0, 0.1) is 5.92 Å². The van der Waals surface area contributed by atoms with Crippen LogP contribution in [0.2, 0.25) is 0 Å². The highest BCUT2D eigenvalue weighted by Crippen LogP contribution is 2.31. The van der Waals surface area contributed by atoms with E-state index in [1.807, 2.05) is 0 Å². The largest absolute Gasteiger partial charge is 0.316 e. The lowest BCUT2D eigenvalue weighted by molar-refractivity contribution is 0.252. The van der Waals surface area contributed by atoms with E-state index < -0.39 is 0 Å². The Morgan fingerprint density at radius 1 is 1.42 bits per heavy atom. The minimum atomic E-state index is 0.770. The molecule has 1 aliphatic carbocycles. The highest BCUT2D eigenvalue weighted by molar-refractivity contribution is 7.99. The fraction of sp³-hybridized carbons (Fsp3) is 1.00. The summed E-state index contributed by atoms with van der Waals surface area (Å²) in [5, 5.41) is 4.22. The third-order valence-corrected chi connectivity index (χ3v) is 3.92. The molecule has 0 aromatic carbocycles. The van der Waals surface area contributed by atoms with E-state index in [1.165, 1.54) is 25.0 Å². The van der Waals surface area contributed by atoms with Crippen LogP contribution in [0.5, 0.6) is 0 Å². The lowest BCUT2D eigenvalue weighted by Crippen LogP contribution is -2.39. The molecule has 2 heteroatoms. The summed E-state index contributed by atoms with van der Waals surface area (Å²) < 4.78 is 0. The third kappa shape index (κ3) is 2.98. The molecule has 0 radical (unpaired) electrons. The Bertz CT molecular complexity index is 121. The van der Waals surface area contributed by atoms with Gasteiger partial charge in [-0.3, -0.25) is 0 Å². The summed E-state index contributed by atoms with van der Waals surface area (Å²) >= 11 is 2.08. The average Bonchev–Trinajstić information content (AvgIpc) is 1.93. The molecular weight excluding hydrogens is 166 g/mol. The van der Waals surface area contributed by atoms with Gasteiger partial charge in [0.2, 0.25) is 0 Å². The van der Waals surface area contributed by atoms with Gasteiger partial charge in [0.05, 0.1) is 0 Å². The summed E-state index contributed by atoms with van der Waals surface area (Å²) in [7, 11) is 2.10. The molecule has 0 aromatic heterocycles. The highest BCUT2D eigenvalue weighted by atomic mass is 32.2. The van der Waals surface area contributed by atoms with E-state index in [1.54, 1.807) is 0 Å². The Morgan fingerprint density at radius 2 is 2.08 bits per heavy atom. The van der Waals surface area contributed by atoms with Crippen molar-refractivity contribution < 1.29 is 0 Å². The molecule has 0 bridgehead atoms. The van der Waals surface area contributed by atoms with Gasteiger partial charge in [0.1, 0.15) is 0 Å². The van der Waals surface area contributed by atoms with Crippen LogP contribution < -0.4 is 5.32 Å². The van der Waals surface area contributed by atoms with Gasteiger partial charge >= 0.3 is 0 Å². The topological polar surface area (TPSA) is 12.0 Å². The smallest absolute Gasteiger partial charge is 0.0183 e. The molecule has 0 aromatic rings. The Kier molecular flexibility index (Phi) is 4.44. The zero-order valence-electron chi connectivity index (χ0n) is 8.47. The van der Waals surface area contributed by atoms with Crippen LogP contribution in [0.3, 0.4) is 0 Å². The fourth-order valence-corrected chi connectivity index (χ4v) is 2.62. The number of hydrogen-bond donors (Lipinski definition) is 1. The van der Waals surface area contributed by atoms with Crippen molar-refractivity contribution in [3.8, 4) is 0 Å². The van der Waals surface area contributed by atoms with Crippen molar-refractivity contribution in [1.29, 1.82) is 0 Å². The second-order valence-corrected chi connectivity index (χ2v) is 5.58. The minimum absolute atomic E-state index is 0.770. The van der Waals surface area contributed by atoms with Gasteiger partial charge in [0.15, 0.2) is 0 Å². The van der Waals surface area contributed by atoms with Crippen molar-refractivity contribution in [3.63, 3.8) is 0 Å². The first kappa shape index (κ1) is 10.4. The maximum absolute atomic E-state index is 3.44. The van der Waals surface area contributed by atoms with E-state index in [-0.39, 0.29) is 0 Å². The van der Waals surface area contributed by atoms with Crippen LogP contribution >= 0.6 is 11.8 Å². The molecular formula is C10H21NS. The number of rotatable bonds is 5. The zero-order valence-corrected chi connectivity index (χ0v) is 9.29. The first-order valence-electron chi connectivity index (χ1n) is 5.03. The first-order chi connectivity index (χ1) is 5.74. The van der Waals surface area contributed by atoms with Crippen molar-refractivity contribution in [2.45, 2.75) is 44.4 Å². The molecule has 1 N–H and O–H groups in total. The van der Waals surface area contributed by atoms with Crippen molar-refractivity contribution in [1.82, 2.24) is 5.32 Å². The molecule has 1 fully saturated rings. The highest BCUT2D eigenvalue weighted by Gasteiger charge is 2.25. The average molecular weight is 187 g/mol. The van der Waals surface area contributed by atoms with Crippen LogP contribution in [0.4, 0.5) is 0 Å². The van der Waals surface area contributed by atoms with Crippen molar-refractivity contribution in [2.75, 3.05) is 12.8 Å². The van der Waals surface area contributed by atoms with Gasteiger partial charge in [-0.05, 0) is 31.1 Å². The molecule has 72 valence electrons. The molecule has 1 rings (SSSR count). The van der Waals surface area contributed by atoms with Crippen LogP contribution in [0.1, 0.15) is 33.1 Å². The van der Waals surface area contributed by atoms with E-state index >= 15 is 0 Å². The van der Waals surface area contributed by atoms with Crippen LogP contribution in [0.15, 0.2) is 0 Å². The molecule has 1 saturated carbocycles. The lowest BCUT2D eigenvalue weighted by atomic mass is 9.80. The predicted molar refractivity (Wildman–Crippen MR) is 57.8 cm³/mol. The molecule has 0 spiro atoms. The minimum Gasteiger partial charge on any atom is -0.316 e. The van der Waals surface area contributed by atoms with Crippen LogP contribution in [-0.4, -0.2) is 24.1 Å². The maximum Gasteiger partial charge on any atom is 0.0183 e. The zero-order chi connectivity index (χ0) is 8.97. The molecule has 1 unspecified atom stereocenters. The standard InChI is InChI=1S/C10H21NS/c1-8(2)12-7-10(11-3)9-5-4-6-9/h8-11H,4-7H2,1-3H3. The summed E-state index contributed by atoms with van der Waals surface area (Å²) in [6.45, 7) is 4.55. The molecule has 0 saturated heterocycles. The van der Waals surface area contributed by atoms with E-state index in [0.717, 1.165) is 17.2 Å². The van der Waals surface area contributed by atoms with E-state index in [2.05, 4.69) is 38.0 Å². The molecule has 1 nitrogen and oxygen atoms in total. The second-order valence-electron chi connectivity index (χ2n) is 3.97. The van der Waals surface area contributed by atoms with Gasteiger partial charge in [0.25, 0.3) is 0 Å². The lowest BCUT2D eigenvalue weighted by Gasteiger charge is -2.33. The summed E-state index contributed by atoms with van der Waals surface area (Å²) in [4.78, 5) is 0. The van der Waals surface area contributed by atoms with Gasteiger partial charge in [-0.2, -0.15) is 11.8 Å². The van der Waals surface area contributed by atoms with Crippen molar-refractivity contribution in [2.24, 2.45) is 5.92 Å². The number of nitrogens with one attached hydrogen (secondary N) is 1. The van der Waals surface area contributed by atoms with Crippen LogP contribution in [-0.2, 0) is 0 Å². The van der Waals surface area contributed by atoms with Gasteiger partial charge in [0, 0.05) is 11.8 Å². The fourth-order valence-electron chi connectivity index (χ4n) is 1.59. The van der Waals surface area contributed by atoms with Gasteiger partial charge < -0.3 is 5.32 Å². The Labute approximate surface area is 80.7 Å². The quantitative estimate of drug-likeness (QED) is 0.710. The van der Waals surface area contributed by atoms with Gasteiger partial charge in [-0.25, -0.2) is 0 Å². The maximum atomic E-state index is 3.44. The normalized spacial score (nSPS) is 21.0. The molecule has 1 atom stereocenters. The Hall–Kier alpha value is 0.310. The van der Waals surface area contributed by atoms with Crippen molar-refractivity contribution in [3.05, 3.63) is 0 Å². The number of hydrogen-bond acceptors (Lipinski definition) is 2. The third-order valence-electron chi connectivity index (χ3n) is 2.70. The Morgan fingerprint density at radius 3 is 2.42 bits per heavy atom. The molecule has 1 aliphatic rings. The van der Waals surface area contributed by atoms with E-state index in [0.29, 0.717) is 0 Å². The summed E-state index contributed by atoms with van der Waals surface area (Å²) in [6.07, 6.45) is 4.35. The predicted octanol–water partition coefficient (Wildman–Crippen LogP) is 2.52. The summed E-state index contributed by atoms with van der Waals surface area (Å²) in [5.74, 6) is 2.26. The summed E-state index contributed by atoms with van der Waals surface area (Å²) in [6, 6.07) is 0.770. The second kappa shape index (κ2) is 5.13. The summed E-state index contributed by atoms with van der Waals surface area (Å²) in [5.41, 5.74) is 0. The first-order valence-corrected chi connectivity index (χ1v) is 6.07. The van der Waals surface area contributed by atoms with E-state index in [4.69, 9.17) is 0 Å².